The summed E-state index contributed by atoms with van der Waals surface area (Å²) in [6.45, 7) is 4.36. The topological polar surface area (TPSA) is 64.9 Å². The van der Waals surface area contributed by atoms with E-state index in [-0.39, 0.29) is 6.01 Å². The van der Waals surface area contributed by atoms with Gasteiger partial charge in [-0.1, -0.05) is 31.1 Å². The molecule has 2 rings (SSSR count). The summed E-state index contributed by atoms with van der Waals surface area (Å²) in [6.07, 6.45) is 0.622. The third-order valence-electron chi connectivity index (χ3n) is 2.13. The molecule has 2 N–H and O–H groups in total. The lowest BCUT2D eigenvalue weighted by atomic mass is 10.1. The second-order valence-corrected chi connectivity index (χ2v) is 5.67. The molecular formula is C12H15N3OS. The standard InChI is InChI=1S/C12H15N3OS/c1-8(2)17-10-5-3-9(4-6-10)7-11-14-15-12(13)16-11/h3-6,8H,7H2,1-2H3,(H2,13,15). The Balaban J connectivity index is 2.03. The van der Waals surface area contributed by atoms with Gasteiger partial charge in [-0.05, 0) is 17.7 Å². The Kier molecular flexibility index (Phi) is 3.68. The zero-order chi connectivity index (χ0) is 12.3. The van der Waals surface area contributed by atoms with E-state index in [0.29, 0.717) is 17.6 Å². The van der Waals surface area contributed by atoms with Gasteiger partial charge in [0.1, 0.15) is 0 Å². The van der Waals surface area contributed by atoms with Crippen LogP contribution in [0.2, 0.25) is 0 Å². The second kappa shape index (κ2) is 5.23. The molecule has 90 valence electrons. The van der Waals surface area contributed by atoms with Crippen molar-refractivity contribution in [2.75, 3.05) is 5.73 Å². The Morgan fingerprint density at radius 1 is 1.24 bits per heavy atom. The van der Waals surface area contributed by atoms with Crippen LogP contribution in [0.1, 0.15) is 25.3 Å². The van der Waals surface area contributed by atoms with Gasteiger partial charge in [-0.15, -0.1) is 16.9 Å². The lowest BCUT2D eigenvalue weighted by Crippen LogP contribution is -1.90. The summed E-state index contributed by atoms with van der Waals surface area (Å²) in [5.41, 5.74) is 6.51. The minimum absolute atomic E-state index is 0.118. The Morgan fingerprint density at radius 3 is 2.47 bits per heavy atom. The lowest BCUT2D eigenvalue weighted by Gasteiger charge is -2.05. The first-order valence-corrected chi connectivity index (χ1v) is 6.35. The van der Waals surface area contributed by atoms with Crippen molar-refractivity contribution < 1.29 is 4.42 Å². The highest BCUT2D eigenvalue weighted by Crippen LogP contribution is 2.23. The molecule has 0 unspecified atom stereocenters. The molecule has 0 saturated carbocycles. The molecule has 2 aromatic rings. The van der Waals surface area contributed by atoms with Crippen molar-refractivity contribution in [2.45, 2.75) is 30.4 Å². The first-order chi connectivity index (χ1) is 8.13. The van der Waals surface area contributed by atoms with Gasteiger partial charge in [0.05, 0.1) is 6.42 Å². The number of hydrogen-bond donors (Lipinski definition) is 1. The number of hydrogen-bond acceptors (Lipinski definition) is 5. The molecule has 1 heterocycles. The molecule has 1 aromatic heterocycles. The fraction of sp³-hybridized carbons (Fsp3) is 0.333. The van der Waals surface area contributed by atoms with E-state index < -0.39 is 0 Å². The predicted molar refractivity (Wildman–Crippen MR) is 69.0 cm³/mol. The van der Waals surface area contributed by atoms with Gasteiger partial charge in [-0.2, -0.15) is 0 Å². The highest BCUT2D eigenvalue weighted by Gasteiger charge is 2.04. The molecule has 4 nitrogen and oxygen atoms in total. The minimum Gasteiger partial charge on any atom is -0.408 e. The van der Waals surface area contributed by atoms with Gasteiger partial charge in [0.25, 0.3) is 0 Å². The van der Waals surface area contributed by atoms with Crippen LogP contribution in [0.3, 0.4) is 0 Å². The van der Waals surface area contributed by atoms with Crippen molar-refractivity contribution in [1.82, 2.24) is 10.2 Å². The molecule has 0 bridgehead atoms. The maximum atomic E-state index is 5.37. The SMILES string of the molecule is CC(C)Sc1ccc(Cc2nnc(N)o2)cc1. The van der Waals surface area contributed by atoms with E-state index in [1.54, 1.807) is 0 Å². The summed E-state index contributed by atoms with van der Waals surface area (Å²) < 4.78 is 5.13. The van der Waals surface area contributed by atoms with Crippen LogP contribution in [0.25, 0.3) is 0 Å². The van der Waals surface area contributed by atoms with Crippen molar-refractivity contribution in [2.24, 2.45) is 0 Å². The first kappa shape index (κ1) is 12.0. The number of rotatable bonds is 4. The van der Waals surface area contributed by atoms with Crippen LogP contribution in [0.4, 0.5) is 6.01 Å². The summed E-state index contributed by atoms with van der Waals surface area (Å²) >= 11 is 1.85. The Labute approximate surface area is 105 Å². The zero-order valence-corrected chi connectivity index (χ0v) is 10.7. The molecule has 5 heteroatoms. The van der Waals surface area contributed by atoms with E-state index in [9.17, 15) is 0 Å². The molecule has 0 saturated heterocycles. The van der Waals surface area contributed by atoms with Gasteiger partial charge in [0.2, 0.25) is 5.89 Å². The third kappa shape index (κ3) is 3.49. The van der Waals surface area contributed by atoms with Crippen LogP contribution in [-0.4, -0.2) is 15.4 Å². The lowest BCUT2D eigenvalue weighted by molar-refractivity contribution is 0.522. The van der Waals surface area contributed by atoms with Crippen LogP contribution in [-0.2, 0) is 6.42 Å². The van der Waals surface area contributed by atoms with Gasteiger partial charge < -0.3 is 10.2 Å². The van der Waals surface area contributed by atoms with E-state index in [0.717, 1.165) is 5.56 Å². The van der Waals surface area contributed by atoms with Crippen LogP contribution in [0, 0.1) is 0 Å². The molecule has 17 heavy (non-hydrogen) atoms. The van der Waals surface area contributed by atoms with Crippen LogP contribution < -0.4 is 5.73 Å². The fourth-order valence-corrected chi connectivity index (χ4v) is 2.31. The molecule has 0 aliphatic carbocycles. The molecule has 0 aliphatic heterocycles. The summed E-state index contributed by atoms with van der Waals surface area (Å²) in [5.74, 6) is 0.548. The van der Waals surface area contributed by atoms with Crippen molar-refractivity contribution in [3.63, 3.8) is 0 Å². The van der Waals surface area contributed by atoms with Gasteiger partial charge in [-0.25, -0.2) is 0 Å². The van der Waals surface area contributed by atoms with E-state index in [2.05, 4.69) is 48.3 Å². The van der Waals surface area contributed by atoms with Crippen LogP contribution in [0.5, 0.6) is 0 Å². The molecule has 0 aliphatic rings. The van der Waals surface area contributed by atoms with E-state index >= 15 is 0 Å². The van der Waals surface area contributed by atoms with Gasteiger partial charge in [0.15, 0.2) is 0 Å². The van der Waals surface area contributed by atoms with Crippen molar-refractivity contribution in [3.05, 3.63) is 35.7 Å². The van der Waals surface area contributed by atoms with Crippen molar-refractivity contribution in [1.29, 1.82) is 0 Å². The Hall–Kier alpha value is -1.49. The van der Waals surface area contributed by atoms with Gasteiger partial charge in [-0.3, -0.25) is 0 Å². The van der Waals surface area contributed by atoms with E-state index in [4.69, 9.17) is 10.2 Å². The van der Waals surface area contributed by atoms with E-state index in [1.807, 2.05) is 11.8 Å². The van der Waals surface area contributed by atoms with Gasteiger partial charge in [0, 0.05) is 10.1 Å². The summed E-state index contributed by atoms with van der Waals surface area (Å²) in [7, 11) is 0. The first-order valence-electron chi connectivity index (χ1n) is 5.47. The second-order valence-electron chi connectivity index (χ2n) is 4.02. The smallest absolute Gasteiger partial charge is 0.312 e. The maximum Gasteiger partial charge on any atom is 0.312 e. The molecule has 0 fully saturated rings. The average molecular weight is 249 g/mol. The van der Waals surface area contributed by atoms with Crippen molar-refractivity contribution in [3.8, 4) is 0 Å². The molecule has 0 radical (unpaired) electrons. The average Bonchev–Trinajstić information content (AvgIpc) is 2.66. The van der Waals surface area contributed by atoms with Gasteiger partial charge >= 0.3 is 6.01 Å². The Morgan fingerprint density at radius 2 is 1.94 bits per heavy atom. The number of nitrogens with two attached hydrogens (primary N) is 1. The number of nitrogen functional groups attached to an aromatic ring is 1. The van der Waals surface area contributed by atoms with Crippen LogP contribution in [0.15, 0.2) is 33.6 Å². The minimum atomic E-state index is 0.118. The zero-order valence-electron chi connectivity index (χ0n) is 9.88. The normalized spacial score (nSPS) is 11.0. The quantitative estimate of drug-likeness (QED) is 0.844. The van der Waals surface area contributed by atoms with E-state index in [1.165, 1.54) is 4.90 Å². The number of benzene rings is 1. The largest absolute Gasteiger partial charge is 0.408 e. The summed E-state index contributed by atoms with van der Waals surface area (Å²) in [6, 6.07) is 8.49. The third-order valence-corrected chi connectivity index (χ3v) is 3.15. The predicted octanol–water partition coefficient (Wildman–Crippen LogP) is 2.74. The fourth-order valence-electron chi connectivity index (χ4n) is 1.47. The molecular weight excluding hydrogens is 234 g/mol. The molecule has 0 amide bonds. The Bertz CT molecular complexity index is 479. The van der Waals surface area contributed by atoms with Crippen LogP contribution >= 0.6 is 11.8 Å². The molecule has 1 aromatic carbocycles. The monoisotopic (exact) mass is 249 g/mol. The summed E-state index contributed by atoms with van der Waals surface area (Å²) in [4.78, 5) is 1.27. The number of anilines is 1. The molecule has 0 atom stereocenters. The highest BCUT2D eigenvalue weighted by atomic mass is 32.2. The van der Waals surface area contributed by atoms with Crippen molar-refractivity contribution >= 4 is 17.8 Å². The highest BCUT2D eigenvalue weighted by molar-refractivity contribution is 7.99. The number of aromatic nitrogens is 2. The maximum absolute atomic E-state index is 5.37. The number of nitrogens with zero attached hydrogens (tertiary/aromatic N) is 2. The summed E-state index contributed by atoms with van der Waals surface area (Å²) in [5, 5.41) is 8.06. The number of thioether (sulfide) groups is 1. The molecule has 0 spiro atoms.